The molecule has 4 heteroatoms. The van der Waals surface area contributed by atoms with Crippen LogP contribution in [0.3, 0.4) is 0 Å². The van der Waals surface area contributed by atoms with Crippen molar-refractivity contribution < 1.29 is 0 Å². The van der Waals surface area contributed by atoms with Crippen LogP contribution in [0.2, 0.25) is 0 Å². The van der Waals surface area contributed by atoms with Crippen LogP contribution in [0.5, 0.6) is 0 Å². The van der Waals surface area contributed by atoms with Crippen molar-refractivity contribution in [3.63, 3.8) is 0 Å². The second-order valence-corrected chi connectivity index (χ2v) is 3.81. The predicted octanol–water partition coefficient (Wildman–Crippen LogP) is 1.13. The Balaban J connectivity index is 2.87. The smallest absolute Gasteiger partial charge is 0.0394 e. The van der Waals surface area contributed by atoms with Crippen molar-refractivity contribution in [3.05, 3.63) is 0 Å². The zero-order chi connectivity index (χ0) is 11.9. The molecule has 0 amide bonds. The molecule has 0 aliphatic carbocycles. The largest absolute Gasteiger partial charge is 0.317 e. The molecule has 0 rings (SSSR count). The molecule has 0 bridgehead atoms. The van der Waals surface area contributed by atoms with Crippen molar-refractivity contribution >= 4 is 13.4 Å². The van der Waals surface area contributed by atoms with Crippen LogP contribution in [0.25, 0.3) is 0 Å². The number of rotatable bonds is 13. The van der Waals surface area contributed by atoms with Crippen molar-refractivity contribution in [2.45, 2.75) is 25.7 Å². The van der Waals surface area contributed by atoms with E-state index in [9.17, 15) is 0 Å². The first-order valence-electron chi connectivity index (χ1n) is 6.18. The molecule has 4 nitrogen and oxygen atoms in total. The monoisotopic (exact) mass is 226 g/mol. The van der Waals surface area contributed by atoms with Crippen molar-refractivity contribution in [3.8, 4) is 0 Å². The Kier molecular flexibility index (Phi) is 13.6. The van der Waals surface area contributed by atoms with Gasteiger partial charge in [-0.2, -0.15) is 0 Å². The van der Waals surface area contributed by atoms with Crippen molar-refractivity contribution in [2.24, 2.45) is 9.98 Å². The van der Waals surface area contributed by atoms with Gasteiger partial charge in [-0.15, -0.1) is 0 Å². The summed E-state index contributed by atoms with van der Waals surface area (Å²) in [7, 11) is 0. The maximum Gasteiger partial charge on any atom is 0.0394 e. The molecule has 0 saturated heterocycles. The maximum atomic E-state index is 3.81. The fraction of sp³-hybridized carbons (Fsp3) is 0.833. The molecule has 0 radical (unpaired) electrons. The first-order valence-corrected chi connectivity index (χ1v) is 6.18. The van der Waals surface area contributed by atoms with Gasteiger partial charge in [0.15, 0.2) is 0 Å². The molecule has 0 unspecified atom stereocenters. The van der Waals surface area contributed by atoms with E-state index in [4.69, 9.17) is 0 Å². The molecule has 94 valence electrons. The van der Waals surface area contributed by atoms with Gasteiger partial charge in [0.05, 0.1) is 0 Å². The van der Waals surface area contributed by atoms with E-state index in [1.807, 2.05) is 0 Å². The van der Waals surface area contributed by atoms with Crippen LogP contribution in [0.4, 0.5) is 0 Å². The van der Waals surface area contributed by atoms with Gasteiger partial charge in [0, 0.05) is 13.1 Å². The van der Waals surface area contributed by atoms with Crippen LogP contribution in [-0.4, -0.2) is 52.7 Å². The van der Waals surface area contributed by atoms with Crippen LogP contribution in [-0.2, 0) is 0 Å². The van der Waals surface area contributed by atoms with Crippen molar-refractivity contribution in [2.75, 3.05) is 39.3 Å². The van der Waals surface area contributed by atoms with E-state index >= 15 is 0 Å². The van der Waals surface area contributed by atoms with Gasteiger partial charge >= 0.3 is 0 Å². The highest BCUT2D eigenvalue weighted by atomic mass is 14.9. The molecular formula is C12H26N4. The van der Waals surface area contributed by atoms with Crippen LogP contribution in [0, 0.1) is 0 Å². The number of aliphatic imine (C=N–C) groups is 2. The highest BCUT2D eigenvalue weighted by Crippen LogP contribution is 1.86. The summed E-state index contributed by atoms with van der Waals surface area (Å²) in [5, 5.41) is 6.79. The van der Waals surface area contributed by atoms with Crippen LogP contribution in [0.1, 0.15) is 25.7 Å². The summed E-state index contributed by atoms with van der Waals surface area (Å²) in [6.07, 6.45) is 4.65. The molecule has 2 N–H and O–H groups in total. The molecule has 0 aromatic heterocycles. The fourth-order valence-electron chi connectivity index (χ4n) is 1.38. The minimum atomic E-state index is 0.867. The van der Waals surface area contributed by atoms with Gasteiger partial charge in [0.1, 0.15) is 0 Å². The predicted molar refractivity (Wildman–Crippen MR) is 73.0 cm³/mol. The third-order valence-corrected chi connectivity index (χ3v) is 2.30. The molecule has 0 spiro atoms. The molecule has 0 aromatic rings. The zero-order valence-electron chi connectivity index (χ0n) is 10.4. The molecule has 0 aliphatic rings. The minimum absolute atomic E-state index is 0.867. The normalized spacial score (nSPS) is 10.2. The number of nitrogens with one attached hydrogen (secondary N) is 2. The molecular weight excluding hydrogens is 200 g/mol. The first-order chi connectivity index (χ1) is 7.91. The van der Waals surface area contributed by atoms with Gasteiger partial charge in [-0.3, -0.25) is 0 Å². The van der Waals surface area contributed by atoms with E-state index in [2.05, 4.69) is 34.1 Å². The van der Waals surface area contributed by atoms with E-state index in [-0.39, 0.29) is 0 Å². The fourth-order valence-corrected chi connectivity index (χ4v) is 1.38. The van der Waals surface area contributed by atoms with E-state index < -0.39 is 0 Å². The Hall–Kier alpha value is -0.740. The lowest BCUT2D eigenvalue weighted by Crippen LogP contribution is -2.21. The lowest BCUT2D eigenvalue weighted by Gasteiger charge is -2.05. The second kappa shape index (κ2) is 14.3. The van der Waals surface area contributed by atoms with Gasteiger partial charge in [0.2, 0.25) is 0 Å². The number of hydrogen-bond acceptors (Lipinski definition) is 4. The van der Waals surface area contributed by atoms with E-state index in [1.54, 1.807) is 0 Å². The molecule has 0 fully saturated rings. The summed E-state index contributed by atoms with van der Waals surface area (Å²) < 4.78 is 0. The Labute approximate surface area is 99.6 Å². The molecule has 0 aliphatic heterocycles. The van der Waals surface area contributed by atoms with Crippen molar-refractivity contribution in [1.29, 1.82) is 0 Å². The lowest BCUT2D eigenvalue weighted by atomic mass is 10.3. The van der Waals surface area contributed by atoms with Gasteiger partial charge in [-0.05, 0) is 65.3 Å². The summed E-state index contributed by atoms with van der Waals surface area (Å²) in [4.78, 5) is 7.61. The molecule has 0 aromatic carbocycles. The quantitative estimate of drug-likeness (QED) is 0.365. The van der Waals surface area contributed by atoms with E-state index in [1.165, 1.54) is 12.8 Å². The summed E-state index contributed by atoms with van der Waals surface area (Å²) >= 11 is 0. The van der Waals surface area contributed by atoms with Gasteiger partial charge in [-0.1, -0.05) is 0 Å². The number of hydrogen-bond donors (Lipinski definition) is 2. The van der Waals surface area contributed by atoms with Crippen molar-refractivity contribution in [1.82, 2.24) is 10.6 Å². The third-order valence-electron chi connectivity index (χ3n) is 2.30. The highest BCUT2D eigenvalue weighted by molar-refractivity contribution is 5.23. The topological polar surface area (TPSA) is 48.8 Å². The van der Waals surface area contributed by atoms with Crippen LogP contribution >= 0.6 is 0 Å². The summed E-state index contributed by atoms with van der Waals surface area (Å²) in [6, 6.07) is 0. The van der Waals surface area contributed by atoms with Crippen LogP contribution in [0.15, 0.2) is 9.98 Å². The zero-order valence-corrected chi connectivity index (χ0v) is 10.4. The summed E-state index contributed by atoms with van der Waals surface area (Å²) in [5.41, 5.74) is 0. The van der Waals surface area contributed by atoms with Gasteiger partial charge in [0.25, 0.3) is 0 Å². The van der Waals surface area contributed by atoms with E-state index in [0.717, 1.165) is 52.1 Å². The number of unbranched alkanes of at least 4 members (excludes halogenated alkanes) is 1. The molecule has 0 saturated carbocycles. The summed E-state index contributed by atoms with van der Waals surface area (Å²) in [5.74, 6) is 0. The van der Waals surface area contributed by atoms with Crippen LogP contribution < -0.4 is 10.6 Å². The summed E-state index contributed by atoms with van der Waals surface area (Å²) in [6.45, 7) is 13.0. The SMILES string of the molecule is C=NCCCNCCCCNCCCN=C. The van der Waals surface area contributed by atoms with Gasteiger partial charge < -0.3 is 20.6 Å². The van der Waals surface area contributed by atoms with E-state index in [0.29, 0.717) is 0 Å². The molecule has 0 atom stereocenters. The minimum Gasteiger partial charge on any atom is -0.317 e. The standard InChI is InChI=1S/C12H26N4/c1-13-7-5-11-15-9-3-4-10-16-12-6-8-14-2/h15-16H,1-12H2. The third kappa shape index (κ3) is 13.3. The molecule has 0 heterocycles. The number of nitrogens with zero attached hydrogens (tertiary/aromatic N) is 2. The first kappa shape index (κ1) is 15.3. The average molecular weight is 226 g/mol. The highest BCUT2D eigenvalue weighted by Gasteiger charge is 1.90. The molecule has 16 heavy (non-hydrogen) atoms. The lowest BCUT2D eigenvalue weighted by molar-refractivity contribution is 0.571. The van der Waals surface area contributed by atoms with Gasteiger partial charge in [-0.25, -0.2) is 0 Å². The maximum absolute atomic E-state index is 3.81. The Morgan fingerprint density at radius 2 is 1.00 bits per heavy atom. The second-order valence-electron chi connectivity index (χ2n) is 3.81. The Morgan fingerprint density at radius 3 is 1.38 bits per heavy atom. The average Bonchev–Trinajstić information content (AvgIpc) is 2.31. The Morgan fingerprint density at radius 1 is 0.625 bits per heavy atom. The Bertz CT molecular complexity index is 141.